The summed E-state index contributed by atoms with van der Waals surface area (Å²) < 4.78 is 0. The van der Waals surface area contributed by atoms with Crippen molar-refractivity contribution >= 4 is 57.2 Å². The Hall–Kier alpha value is -3.64. The largest absolute Gasteiger partial charge is 0.334 e. The lowest BCUT2D eigenvalue weighted by Crippen LogP contribution is -2.32. The third-order valence-electron chi connectivity index (χ3n) is 4.76. The van der Waals surface area contributed by atoms with Gasteiger partial charge in [0.05, 0.1) is 35.1 Å². The van der Waals surface area contributed by atoms with E-state index in [0.29, 0.717) is 21.6 Å². The molecule has 0 unspecified atom stereocenters. The second-order valence-corrected chi connectivity index (χ2v) is 9.67. The van der Waals surface area contributed by atoms with Gasteiger partial charge in [-0.05, 0) is 24.3 Å². The number of imide groups is 2. The summed E-state index contributed by atoms with van der Waals surface area (Å²) in [4.78, 5) is 82.5. The SMILES string of the molecule is O=C(CCSSCCC(=O)ON1C(=O)c2ccccc2C1=O)ON1C(=O)c2ccccc2C1=O. The number of nitrogens with zero attached hydrogens (tertiary/aromatic N) is 2. The van der Waals surface area contributed by atoms with E-state index in [2.05, 4.69) is 0 Å². The standard InChI is InChI=1S/C22H16N2O8S2/c25-17(31-23-19(27)13-5-1-2-6-14(13)20(23)28)9-11-33-34-12-10-18(26)32-24-21(29)15-7-3-4-8-16(15)22(24)30/h1-8H,9-12H2. The van der Waals surface area contributed by atoms with E-state index in [4.69, 9.17) is 9.68 Å². The fourth-order valence-corrected chi connectivity index (χ4v) is 5.11. The number of carbonyl (C=O) groups excluding carboxylic acids is 6. The fourth-order valence-electron chi connectivity index (χ4n) is 3.16. The van der Waals surface area contributed by atoms with Gasteiger partial charge in [0.15, 0.2) is 0 Å². The minimum Gasteiger partial charge on any atom is -0.330 e. The molecule has 2 aromatic rings. The van der Waals surface area contributed by atoms with Gasteiger partial charge in [0.2, 0.25) is 0 Å². The van der Waals surface area contributed by atoms with Gasteiger partial charge in [0, 0.05) is 11.5 Å². The monoisotopic (exact) mass is 500 g/mol. The molecule has 0 bridgehead atoms. The predicted molar refractivity (Wildman–Crippen MR) is 120 cm³/mol. The second kappa shape index (κ2) is 10.1. The molecule has 10 nitrogen and oxygen atoms in total. The number of hydrogen-bond donors (Lipinski definition) is 0. The molecule has 12 heteroatoms. The Kier molecular flexibility index (Phi) is 6.98. The molecule has 4 rings (SSSR count). The predicted octanol–water partition coefficient (Wildman–Crippen LogP) is 2.66. The summed E-state index contributed by atoms with van der Waals surface area (Å²) in [5, 5.41) is 0.917. The average molecular weight is 501 g/mol. The van der Waals surface area contributed by atoms with Crippen molar-refractivity contribution in [2.45, 2.75) is 12.8 Å². The quantitative estimate of drug-likeness (QED) is 0.288. The summed E-state index contributed by atoms with van der Waals surface area (Å²) in [7, 11) is 2.55. The first-order valence-electron chi connectivity index (χ1n) is 10.00. The topological polar surface area (TPSA) is 127 Å². The lowest BCUT2D eigenvalue weighted by atomic mass is 10.1. The zero-order chi connectivity index (χ0) is 24.2. The number of amides is 4. The number of hydroxylamine groups is 4. The van der Waals surface area contributed by atoms with E-state index in [9.17, 15) is 28.8 Å². The van der Waals surface area contributed by atoms with Gasteiger partial charge < -0.3 is 9.68 Å². The molecule has 0 atom stereocenters. The molecule has 2 aliphatic heterocycles. The molecule has 0 fully saturated rings. The van der Waals surface area contributed by atoms with Crippen LogP contribution in [-0.2, 0) is 19.3 Å². The number of benzene rings is 2. The van der Waals surface area contributed by atoms with E-state index >= 15 is 0 Å². The summed E-state index contributed by atoms with van der Waals surface area (Å²) in [6, 6.07) is 12.4. The highest BCUT2D eigenvalue weighted by Crippen LogP contribution is 2.26. The van der Waals surface area contributed by atoms with Crippen LogP contribution in [0.4, 0.5) is 0 Å². The molecule has 0 spiro atoms. The third kappa shape index (κ3) is 4.68. The summed E-state index contributed by atoms with van der Waals surface area (Å²) in [6.45, 7) is 0. The first-order chi connectivity index (χ1) is 16.4. The molecule has 174 valence electrons. The number of rotatable bonds is 9. The molecule has 2 aliphatic rings. The minimum absolute atomic E-state index is 0.0649. The van der Waals surface area contributed by atoms with Gasteiger partial charge in [-0.2, -0.15) is 0 Å². The minimum atomic E-state index is -0.743. The maximum absolute atomic E-state index is 12.2. The summed E-state index contributed by atoms with van der Waals surface area (Å²) in [6.07, 6.45) is -0.130. The summed E-state index contributed by atoms with van der Waals surface area (Å²) >= 11 is 0. The van der Waals surface area contributed by atoms with Crippen LogP contribution in [0.25, 0.3) is 0 Å². The van der Waals surface area contributed by atoms with Gasteiger partial charge >= 0.3 is 11.9 Å². The van der Waals surface area contributed by atoms with Crippen molar-refractivity contribution in [3.8, 4) is 0 Å². The first kappa shape index (κ1) is 23.5. The van der Waals surface area contributed by atoms with Crippen molar-refractivity contribution in [1.82, 2.24) is 10.1 Å². The van der Waals surface area contributed by atoms with Crippen molar-refractivity contribution in [2.24, 2.45) is 0 Å². The molecule has 0 saturated carbocycles. The maximum atomic E-state index is 12.2. The Bertz CT molecular complexity index is 1050. The van der Waals surface area contributed by atoms with Gasteiger partial charge in [-0.3, -0.25) is 19.2 Å². The van der Waals surface area contributed by atoms with E-state index in [1.165, 1.54) is 45.9 Å². The van der Waals surface area contributed by atoms with Crippen molar-refractivity contribution in [3.63, 3.8) is 0 Å². The van der Waals surface area contributed by atoms with Gasteiger partial charge in [0.25, 0.3) is 23.6 Å². The Labute approximate surface area is 200 Å². The van der Waals surface area contributed by atoms with Crippen LogP contribution >= 0.6 is 21.6 Å². The van der Waals surface area contributed by atoms with Crippen LogP contribution in [0.2, 0.25) is 0 Å². The average Bonchev–Trinajstić information content (AvgIpc) is 3.22. The van der Waals surface area contributed by atoms with Gasteiger partial charge in [-0.1, -0.05) is 56.0 Å². The van der Waals surface area contributed by atoms with Crippen LogP contribution in [0.1, 0.15) is 54.3 Å². The normalized spacial score (nSPS) is 14.4. The maximum Gasteiger partial charge on any atom is 0.334 e. The van der Waals surface area contributed by atoms with Crippen molar-refractivity contribution in [1.29, 1.82) is 0 Å². The van der Waals surface area contributed by atoms with E-state index in [0.717, 1.165) is 0 Å². The van der Waals surface area contributed by atoms with Crippen LogP contribution in [0.3, 0.4) is 0 Å². The van der Waals surface area contributed by atoms with Crippen molar-refractivity contribution in [2.75, 3.05) is 11.5 Å². The highest BCUT2D eigenvalue weighted by molar-refractivity contribution is 8.76. The number of hydrogen-bond acceptors (Lipinski definition) is 10. The zero-order valence-electron chi connectivity index (χ0n) is 17.4. The van der Waals surface area contributed by atoms with Crippen LogP contribution < -0.4 is 0 Å². The second-order valence-electron chi connectivity index (χ2n) is 6.97. The smallest absolute Gasteiger partial charge is 0.330 e. The van der Waals surface area contributed by atoms with Crippen molar-refractivity contribution in [3.05, 3.63) is 70.8 Å². The molecule has 0 aromatic heterocycles. The molecular weight excluding hydrogens is 484 g/mol. The molecule has 0 aliphatic carbocycles. The summed E-state index contributed by atoms with van der Waals surface area (Å²) in [5.74, 6) is -3.62. The Morgan fingerprint density at radius 1 is 0.588 bits per heavy atom. The Morgan fingerprint density at radius 3 is 1.18 bits per heavy atom. The van der Waals surface area contributed by atoms with Crippen LogP contribution in [0, 0.1) is 0 Å². The molecule has 0 saturated heterocycles. The van der Waals surface area contributed by atoms with Gasteiger partial charge in [0.1, 0.15) is 0 Å². The van der Waals surface area contributed by atoms with Gasteiger partial charge in [-0.25, -0.2) is 9.59 Å². The highest BCUT2D eigenvalue weighted by atomic mass is 33.1. The molecule has 34 heavy (non-hydrogen) atoms. The molecule has 2 aromatic carbocycles. The molecular formula is C22H16N2O8S2. The summed E-state index contributed by atoms with van der Waals surface area (Å²) in [5.41, 5.74) is 0.716. The van der Waals surface area contributed by atoms with E-state index in [1.807, 2.05) is 0 Å². The van der Waals surface area contributed by atoms with E-state index in [1.54, 1.807) is 24.3 Å². The van der Waals surface area contributed by atoms with E-state index < -0.39 is 35.6 Å². The van der Waals surface area contributed by atoms with Gasteiger partial charge in [-0.15, -0.1) is 0 Å². The van der Waals surface area contributed by atoms with Crippen LogP contribution in [-0.4, -0.2) is 57.2 Å². The zero-order valence-corrected chi connectivity index (χ0v) is 19.1. The third-order valence-corrected chi connectivity index (χ3v) is 7.17. The lowest BCUT2D eigenvalue weighted by Gasteiger charge is -2.13. The number of carbonyl (C=O) groups is 6. The highest BCUT2D eigenvalue weighted by Gasteiger charge is 2.39. The molecule has 0 radical (unpaired) electrons. The number of fused-ring (bicyclic) bond motifs is 2. The lowest BCUT2D eigenvalue weighted by molar-refractivity contribution is -0.168. The Morgan fingerprint density at radius 2 is 0.882 bits per heavy atom. The molecule has 4 amide bonds. The molecule has 0 N–H and O–H groups in total. The molecule has 2 heterocycles. The van der Waals surface area contributed by atoms with Crippen molar-refractivity contribution < 1.29 is 38.4 Å². The van der Waals surface area contributed by atoms with Crippen LogP contribution in [0.15, 0.2) is 48.5 Å². The first-order valence-corrected chi connectivity index (χ1v) is 12.5. The fraction of sp³-hybridized carbons (Fsp3) is 0.182. The van der Waals surface area contributed by atoms with Crippen LogP contribution in [0.5, 0.6) is 0 Å². The van der Waals surface area contributed by atoms with E-state index in [-0.39, 0.29) is 35.1 Å². The Balaban J connectivity index is 1.12.